The van der Waals surface area contributed by atoms with Crippen molar-refractivity contribution >= 4 is 27.5 Å². The summed E-state index contributed by atoms with van der Waals surface area (Å²) in [6.07, 6.45) is 1.02. The molecule has 0 heterocycles. The van der Waals surface area contributed by atoms with E-state index in [-0.39, 0.29) is 23.4 Å². The summed E-state index contributed by atoms with van der Waals surface area (Å²) >= 11 is 0. The number of benzene rings is 3. The van der Waals surface area contributed by atoms with Crippen molar-refractivity contribution in [3.63, 3.8) is 0 Å². The van der Waals surface area contributed by atoms with E-state index in [1.165, 1.54) is 29.2 Å². The van der Waals surface area contributed by atoms with Gasteiger partial charge in [0.15, 0.2) is 0 Å². The summed E-state index contributed by atoms with van der Waals surface area (Å²) in [4.78, 5) is 28.7. The third-order valence-electron chi connectivity index (χ3n) is 6.65. The number of hydrogen-bond donors (Lipinski definition) is 1. The monoisotopic (exact) mass is 553 g/mol. The number of hydrogen-bond acceptors (Lipinski definition) is 4. The van der Waals surface area contributed by atoms with Crippen LogP contribution in [0.5, 0.6) is 0 Å². The van der Waals surface area contributed by atoms with Gasteiger partial charge in [0, 0.05) is 12.6 Å². The van der Waals surface area contributed by atoms with Crippen LogP contribution in [0.25, 0.3) is 0 Å². The van der Waals surface area contributed by atoms with Crippen LogP contribution < -0.4 is 9.62 Å². The van der Waals surface area contributed by atoms with Crippen LogP contribution >= 0.6 is 0 Å². The fraction of sp³-hybridized carbons (Fsp3) is 0.333. The van der Waals surface area contributed by atoms with Gasteiger partial charge in [0.1, 0.15) is 18.4 Å². The number of carbonyl (C=O) groups excluding carboxylic acids is 2. The van der Waals surface area contributed by atoms with Crippen molar-refractivity contribution in [1.82, 2.24) is 10.2 Å². The molecule has 208 valence electrons. The molecule has 1 N–H and O–H groups in total. The zero-order valence-electron chi connectivity index (χ0n) is 22.8. The Kier molecular flexibility index (Phi) is 10.2. The van der Waals surface area contributed by atoms with E-state index in [2.05, 4.69) is 5.32 Å². The van der Waals surface area contributed by atoms with E-state index in [0.29, 0.717) is 29.7 Å². The molecular weight excluding hydrogens is 517 g/mol. The van der Waals surface area contributed by atoms with Crippen molar-refractivity contribution in [2.45, 2.75) is 64.1 Å². The van der Waals surface area contributed by atoms with E-state index in [1.54, 1.807) is 68.4 Å². The third kappa shape index (κ3) is 7.44. The minimum absolute atomic E-state index is 0.0124. The van der Waals surface area contributed by atoms with Gasteiger partial charge in [-0.3, -0.25) is 13.9 Å². The Hall–Kier alpha value is -3.72. The quantitative estimate of drug-likeness (QED) is 0.340. The molecule has 0 fully saturated rings. The number of nitrogens with one attached hydrogen (secondary N) is 1. The number of nitrogens with zero attached hydrogens (tertiary/aromatic N) is 2. The predicted octanol–water partition coefficient (Wildman–Crippen LogP) is 5.05. The van der Waals surface area contributed by atoms with Crippen molar-refractivity contribution in [2.24, 2.45) is 0 Å². The Morgan fingerprint density at radius 3 is 2.10 bits per heavy atom. The summed E-state index contributed by atoms with van der Waals surface area (Å²) in [7, 11) is -4.12. The molecule has 0 bridgehead atoms. The summed E-state index contributed by atoms with van der Waals surface area (Å²) in [5.74, 6) is -1.29. The topological polar surface area (TPSA) is 86.8 Å². The lowest BCUT2D eigenvalue weighted by molar-refractivity contribution is -0.140. The largest absolute Gasteiger partial charge is 0.352 e. The van der Waals surface area contributed by atoms with Crippen LogP contribution in [0.4, 0.5) is 10.1 Å². The summed E-state index contributed by atoms with van der Waals surface area (Å²) in [5, 5.41) is 2.94. The fourth-order valence-electron chi connectivity index (χ4n) is 4.22. The SMILES string of the molecule is CC[C@H](C)NC(=O)[C@H](CC)N(Cc1ccc(F)cc1)C(=O)CN(c1ccccc1C)S(=O)(=O)c1ccccc1. The van der Waals surface area contributed by atoms with Gasteiger partial charge in [-0.25, -0.2) is 12.8 Å². The lowest BCUT2D eigenvalue weighted by atomic mass is 10.1. The van der Waals surface area contributed by atoms with Crippen LogP contribution in [0.15, 0.2) is 83.8 Å². The Morgan fingerprint density at radius 2 is 1.51 bits per heavy atom. The van der Waals surface area contributed by atoms with Gasteiger partial charge >= 0.3 is 0 Å². The zero-order chi connectivity index (χ0) is 28.6. The highest BCUT2D eigenvalue weighted by Crippen LogP contribution is 2.27. The predicted molar refractivity (Wildman–Crippen MR) is 151 cm³/mol. The van der Waals surface area contributed by atoms with Gasteiger partial charge in [-0.1, -0.05) is 62.4 Å². The maximum atomic E-state index is 14.0. The second-order valence-corrected chi connectivity index (χ2v) is 11.4. The Morgan fingerprint density at radius 1 is 0.897 bits per heavy atom. The molecular formula is C30H36FN3O4S. The van der Waals surface area contributed by atoms with E-state index in [4.69, 9.17) is 0 Å². The van der Waals surface area contributed by atoms with Crippen molar-refractivity contribution in [1.29, 1.82) is 0 Å². The Labute approximate surface area is 230 Å². The van der Waals surface area contributed by atoms with Gasteiger partial charge in [-0.2, -0.15) is 0 Å². The summed E-state index contributed by atoms with van der Waals surface area (Å²) in [6.45, 7) is 6.89. The van der Waals surface area contributed by atoms with Crippen molar-refractivity contribution < 1.29 is 22.4 Å². The van der Waals surface area contributed by atoms with E-state index < -0.39 is 34.3 Å². The molecule has 0 aromatic heterocycles. The molecule has 2 amide bonds. The molecule has 3 aromatic carbocycles. The molecule has 0 radical (unpaired) electrons. The molecule has 3 aromatic rings. The molecule has 0 aliphatic rings. The van der Waals surface area contributed by atoms with Gasteiger partial charge in [0.2, 0.25) is 11.8 Å². The first kappa shape index (κ1) is 29.8. The van der Waals surface area contributed by atoms with Crippen LogP contribution in [-0.2, 0) is 26.2 Å². The minimum Gasteiger partial charge on any atom is -0.352 e. The van der Waals surface area contributed by atoms with Gasteiger partial charge in [-0.15, -0.1) is 0 Å². The van der Waals surface area contributed by atoms with Crippen LogP contribution in [-0.4, -0.2) is 43.8 Å². The highest BCUT2D eigenvalue weighted by atomic mass is 32.2. The molecule has 0 aliphatic heterocycles. The lowest BCUT2D eigenvalue weighted by Crippen LogP contribution is -2.53. The number of amides is 2. The zero-order valence-corrected chi connectivity index (χ0v) is 23.6. The highest BCUT2D eigenvalue weighted by molar-refractivity contribution is 7.92. The second-order valence-electron chi connectivity index (χ2n) is 9.50. The van der Waals surface area contributed by atoms with Crippen LogP contribution in [0.1, 0.15) is 44.7 Å². The summed E-state index contributed by atoms with van der Waals surface area (Å²) in [5.41, 5.74) is 1.66. The average molecular weight is 554 g/mol. The number of anilines is 1. The van der Waals surface area contributed by atoms with Gasteiger partial charge in [0.25, 0.3) is 10.0 Å². The number of aryl methyl sites for hydroxylation is 1. The highest BCUT2D eigenvalue weighted by Gasteiger charge is 2.34. The molecule has 39 heavy (non-hydrogen) atoms. The number of carbonyl (C=O) groups is 2. The molecule has 0 saturated heterocycles. The number of sulfonamides is 1. The molecule has 3 rings (SSSR count). The molecule has 0 unspecified atom stereocenters. The second kappa shape index (κ2) is 13.4. The molecule has 0 spiro atoms. The Bertz CT molecular complexity index is 1360. The van der Waals surface area contributed by atoms with Gasteiger partial charge in [0.05, 0.1) is 10.6 Å². The molecule has 0 saturated carbocycles. The fourth-order valence-corrected chi connectivity index (χ4v) is 5.72. The van der Waals surface area contributed by atoms with Crippen molar-refractivity contribution in [2.75, 3.05) is 10.8 Å². The smallest absolute Gasteiger partial charge is 0.264 e. The first-order valence-corrected chi connectivity index (χ1v) is 14.5. The Balaban J connectivity index is 2.05. The van der Waals surface area contributed by atoms with Crippen LogP contribution in [0, 0.1) is 12.7 Å². The maximum Gasteiger partial charge on any atom is 0.264 e. The molecule has 9 heteroatoms. The van der Waals surface area contributed by atoms with Crippen LogP contribution in [0.3, 0.4) is 0 Å². The number of halogens is 1. The summed E-state index contributed by atoms with van der Waals surface area (Å²) in [6, 6.07) is 19.6. The molecule has 2 atom stereocenters. The molecule has 7 nitrogen and oxygen atoms in total. The van der Waals surface area contributed by atoms with Crippen molar-refractivity contribution in [3.8, 4) is 0 Å². The van der Waals surface area contributed by atoms with Crippen molar-refractivity contribution in [3.05, 3.63) is 95.8 Å². The number of para-hydroxylation sites is 1. The van der Waals surface area contributed by atoms with Gasteiger partial charge < -0.3 is 10.2 Å². The standard InChI is InChI=1S/C30H36FN3O4S/c1-5-23(4)32-30(36)27(6-2)33(20-24-16-18-25(31)19-17-24)29(35)21-34(28-15-11-10-12-22(28)3)39(37,38)26-13-8-7-9-14-26/h7-19,23,27H,5-6,20-21H2,1-4H3,(H,32,36)/t23-,27-/m0/s1. The number of rotatable bonds is 12. The third-order valence-corrected chi connectivity index (χ3v) is 8.42. The minimum atomic E-state index is -4.12. The first-order chi connectivity index (χ1) is 18.6. The van der Waals surface area contributed by atoms with E-state index in [0.717, 1.165) is 4.31 Å². The normalized spacial score (nSPS) is 12.8. The first-order valence-electron chi connectivity index (χ1n) is 13.1. The van der Waals surface area contributed by atoms with Gasteiger partial charge in [-0.05, 0) is 68.1 Å². The lowest BCUT2D eigenvalue weighted by Gasteiger charge is -2.34. The summed E-state index contributed by atoms with van der Waals surface area (Å²) < 4.78 is 42.3. The maximum absolute atomic E-state index is 14.0. The molecule has 0 aliphatic carbocycles. The van der Waals surface area contributed by atoms with E-state index in [9.17, 15) is 22.4 Å². The van der Waals surface area contributed by atoms with Crippen LogP contribution in [0.2, 0.25) is 0 Å². The van der Waals surface area contributed by atoms with E-state index >= 15 is 0 Å². The average Bonchev–Trinajstić information content (AvgIpc) is 2.93. The van der Waals surface area contributed by atoms with E-state index in [1.807, 2.05) is 13.8 Å².